The van der Waals surface area contributed by atoms with Crippen molar-refractivity contribution >= 4 is 11.9 Å². The van der Waals surface area contributed by atoms with Gasteiger partial charge in [0.2, 0.25) is 5.91 Å². The van der Waals surface area contributed by atoms with Gasteiger partial charge in [-0.15, -0.1) is 0 Å². The summed E-state index contributed by atoms with van der Waals surface area (Å²) in [5.41, 5.74) is 0. The van der Waals surface area contributed by atoms with Crippen molar-refractivity contribution in [1.29, 1.82) is 0 Å². The van der Waals surface area contributed by atoms with Gasteiger partial charge in [0.25, 0.3) is 0 Å². The van der Waals surface area contributed by atoms with Gasteiger partial charge in [0.1, 0.15) is 6.04 Å². The fraction of sp³-hybridized carbons (Fsp3) is 0.778. The van der Waals surface area contributed by atoms with E-state index in [1.165, 1.54) is 11.9 Å². The number of rotatable bonds is 5. The number of nitrogens with zero attached hydrogens (tertiary/aromatic N) is 2. The molecule has 0 aromatic carbocycles. The first-order valence-corrected chi connectivity index (χ1v) is 4.53. The van der Waals surface area contributed by atoms with E-state index in [2.05, 4.69) is 0 Å². The fourth-order valence-corrected chi connectivity index (χ4v) is 1.17. The Kier molecular flexibility index (Phi) is 5.15. The number of carbonyl (C=O) groups excluding carboxylic acids is 1. The summed E-state index contributed by atoms with van der Waals surface area (Å²) in [6, 6.07) is -0.720. The highest BCUT2D eigenvalue weighted by Crippen LogP contribution is 2.02. The summed E-state index contributed by atoms with van der Waals surface area (Å²) in [7, 11) is 5.06. The van der Waals surface area contributed by atoms with Crippen LogP contribution < -0.4 is 0 Å². The van der Waals surface area contributed by atoms with Crippen molar-refractivity contribution in [2.45, 2.75) is 19.4 Å². The molecule has 5 nitrogen and oxygen atoms in total. The van der Waals surface area contributed by atoms with Crippen LogP contribution in [-0.2, 0) is 9.59 Å². The lowest BCUT2D eigenvalue weighted by Crippen LogP contribution is -2.45. The first kappa shape index (κ1) is 12.9. The van der Waals surface area contributed by atoms with Crippen LogP contribution in [-0.4, -0.2) is 60.5 Å². The average molecular weight is 202 g/mol. The maximum Gasteiger partial charge on any atom is 0.326 e. The normalized spacial score (nSPS) is 12.6. The Morgan fingerprint density at radius 2 is 1.79 bits per heavy atom. The van der Waals surface area contributed by atoms with Crippen molar-refractivity contribution < 1.29 is 14.7 Å². The third-order valence-electron chi connectivity index (χ3n) is 1.98. The number of likely N-dealkylation sites (N-methyl/N-ethyl adjacent to an activating group) is 2. The van der Waals surface area contributed by atoms with Gasteiger partial charge in [-0.05, 0) is 20.5 Å². The molecule has 0 aliphatic carbocycles. The molecule has 0 spiro atoms. The lowest BCUT2D eigenvalue weighted by atomic mass is 10.2. The van der Waals surface area contributed by atoms with Crippen LogP contribution in [0.4, 0.5) is 0 Å². The summed E-state index contributed by atoms with van der Waals surface area (Å²) < 4.78 is 0. The van der Waals surface area contributed by atoms with Crippen LogP contribution in [0.1, 0.15) is 13.3 Å². The number of carboxylic acids is 1. The topological polar surface area (TPSA) is 60.9 Å². The van der Waals surface area contributed by atoms with Crippen molar-refractivity contribution in [3.63, 3.8) is 0 Å². The zero-order valence-electron chi connectivity index (χ0n) is 9.15. The van der Waals surface area contributed by atoms with Crippen LogP contribution in [0.15, 0.2) is 0 Å². The fourth-order valence-electron chi connectivity index (χ4n) is 1.17. The van der Waals surface area contributed by atoms with Gasteiger partial charge < -0.3 is 14.9 Å². The molecule has 1 atom stereocenters. The Morgan fingerprint density at radius 3 is 2.07 bits per heavy atom. The quantitative estimate of drug-likeness (QED) is 0.674. The van der Waals surface area contributed by atoms with Crippen LogP contribution in [0.2, 0.25) is 0 Å². The van der Waals surface area contributed by atoms with E-state index in [-0.39, 0.29) is 12.5 Å². The largest absolute Gasteiger partial charge is 0.480 e. The van der Waals surface area contributed by atoms with Gasteiger partial charge in [-0.1, -0.05) is 6.92 Å². The molecular weight excluding hydrogens is 184 g/mol. The van der Waals surface area contributed by atoms with E-state index in [9.17, 15) is 9.59 Å². The van der Waals surface area contributed by atoms with Gasteiger partial charge in [0, 0.05) is 7.05 Å². The zero-order valence-corrected chi connectivity index (χ0v) is 9.15. The number of hydrogen-bond acceptors (Lipinski definition) is 3. The molecule has 0 aliphatic heterocycles. The Bertz CT molecular complexity index is 216. The molecule has 0 aromatic heterocycles. The van der Waals surface area contributed by atoms with Gasteiger partial charge in [-0.3, -0.25) is 4.79 Å². The van der Waals surface area contributed by atoms with Gasteiger partial charge in [-0.2, -0.15) is 0 Å². The number of carbonyl (C=O) groups is 2. The monoisotopic (exact) mass is 202 g/mol. The van der Waals surface area contributed by atoms with Crippen molar-refractivity contribution in [3.8, 4) is 0 Å². The molecule has 1 amide bonds. The Labute approximate surface area is 84.3 Å². The maximum atomic E-state index is 11.5. The first-order chi connectivity index (χ1) is 6.40. The number of hydrogen-bond donors (Lipinski definition) is 1. The summed E-state index contributed by atoms with van der Waals surface area (Å²) in [5, 5.41) is 8.82. The second-order valence-electron chi connectivity index (χ2n) is 3.50. The molecular formula is C9H18N2O3. The van der Waals surface area contributed by atoms with E-state index >= 15 is 0 Å². The van der Waals surface area contributed by atoms with Gasteiger partial charge in [-0.25, -0.2) is 4.79 Å². The van der Waals surface area contributed by atoms with Crippen molar-refractivity contribution in [1.82, 2.24) is 9.80 Å². The molecule has 0 aliphatic rings. The van der Waals surface area contributed by atoms with Crippen LogP contribution >= 0.6 is 0 Å². The van der Waals surface area contributed by atoms with E-state index in [1.54, 1.807) is 25.9 Å². The molecule has 0 heterocycles. The van der Waals surface area contributed by atoms with Crippen molar-refractivity contribution in [3.05, 3.63) is 0 Å². The third-order valence-corrected chi connectivity index (χ3v) is 1.98. The first-order valence-electron chi connectivity index (χ1n) is 4.53. The second-order valence-corrected chi connectivity index (χ2v) is 3.50. The predicted molar refractivity (Wildman–Crippen MR) is 53.0 cm³/mol. The van der Waals surface area contributed by atoms with Gasteiger partial charge >= 0.3 is 5.97 Å². The minimum Gasteiger partial charge on any atom is -0.480 e. The Hall–Kier alpha value is -1.10. The lowest BCUT2D eigenvalue weighted by molar-refractivity contribution is -0.149. The molecule has 0 bridgehead atoms. The van der Waals surface area contributed by atoms with E-state index in [4.69, 9.17) is 5.11 Å². The molecule has 0 radical (unpaired) electrons. The molecule has 82 valence electrons. The molecule has 14 heavy (non-hydrogen) atoms. The molecule has 1 unspecified atom stereocenters. The summed E-state index contributed by atoms with van der Waals surface area (Å²) in [4.78, 5) is 25.2. The number of amides is 1. The Balaban J connectivity index is 4.34. The lowest BCUT2D eigenvalue weighted by Gasteiger charge is -2.25. The summed E-state index contributed by atoms with van der Waals surface area (Å²) in [6.45, 7) is 1.98. The average Bonchev–Trinajstić information content (AvgIpc) is 2.03. The molecule has 0 rings (SSSR count). The standard InChI is InChI=1S/C9H18N2O3/c1-5-7(9(13)14)11(4)8(12)6-10(2)3/h7H,5-6H2,1-4H3,(H,13,14). The smallest absolute Gasteiger partial charge is 0.326 e. The van der Waals surface area contributed by atoms with Crippen LogP contribution in [0.25, 0.3) is 0 Å². The SMILES string of the molecule is CCC(C(=O)O)N(C)C(=O)CN(C)C. The summed E-state index contributed by atoms with van der Waals surface area (Å²) >= 11 is 0. The predicted octanol–water partition coefficient (Wildman–Crippen LogP) is -0.130. The van der Waals surface area contributed by atoms with Crippen molar-refractivity contribution in [2.75, 3.05) is 27.7 Å². The highest BCUT2D eigenvalue weighted by atomic mass is 16.4. The maximum absolute atomic E-state index is 11.5. The molecule has 0 aromatic rings. The number of carboxylic acid groups (broad SMARTS) is 1. The van der Waals surface area contributed by atoms with E-state index in [0.717, 1.165) is 0 Å². The summed E-state index contributed by atoms with van der Waals surface area (Å²) in [6.07, 6.45) is 0.422. The Morgan fingerprint density at radius 1 is 1.29 bits per heavy atom. The number of aliphatic carboxylic acids is 1. The molecule has 0 saturated heterocycles. The molecule has 0 fully saturated rings. The highest BCUT2D eigenvalue weighted by molar-refractivity contribution is 5.84. The minimum atomic E-state index is -0.956. The second kappa shape index (κ2) is 5.59. The zero-order chi connectivity index (χ0) is 11.3. The van der Waals surface area contributed by atoms with E-state index < -0.39 is 12.0 Å². The minimum absolute atomic E-state index is 0.177. The highest BCUT2D eigenvalue weighted by Gasteiger charge is 2.24. The third kappa shape index (κ3) is 3.74. The van der Waals surface area contributed by atoms with E-state index in [0.29, 0.717) is 6.42 Å². The van der Waals surface area contributed by atoms with Crippen LogP contribution in [0, 0.1) is 0 Å². The molecule has 0 saturated carbocycles. The van der Waals surface area contributed by atoms with Gasteiger partial charge in [0.05, 0.1) is 6.54 Å². The molecule has 1 N–H and O–H groups in total. The van der Waals surface area contributed by atoms with Crippen molar-refractivity contribution in [2.24, 2.45) is 0 Å². The van der Waals surface area contributed by atoms with Gasteiger partial charge in [0.15, 0.2) is 0 Å². The van der Waals surface area contributed by atoms with Crippen LogP contribution in [0.3, 0.4) is 0 Å². The summed E-state index contributed by atoms with van der Waals surface area (Å²) in [5.74, 6) is -1.13. The van der Waals surface area contributed by atoms with Crippen LogP contribution in [0.5, 0.6) is 0 Å². The molecule has 5 heteroatoms. The van der Waals surface area contributed by atoms with E-state index in [1.807, 2.05) is 0 Å².